The zero-order valence-electron chi connectivity index (χ0n) is 7.70. The minimum atomic E-state index is -1.51. The van der Waals surface area contributed by atoms with Crippen LogP contribution in [0, 0.1) is 7.14 Å². The minimum Gasteiger partial charge on any atom is -0.496 e. The highest BCUT2D eigenvalue weighted by Gasteiger charge is 2.21. The van der Waals surface area contributed by atoms with Gasteiger partial charge >= 0.3 is 5.97 Å². The van der Waals surface area contributed by atoms with Gasteiger partial charge in [0.15, 0.2) is 6.10 Å². The number of hydrogen-bond donors (Lipinski definition) is 2. The van der Waals surface area contributed by atoms with Gasteiger partial charge in [0.1, 0.15) is 5.75 Å². The molecular formula is C9H8I2O4. The van der Waals surface area contributed by atoms with Crippen LogP contribution in [0.5, 0.6) is 5.75 Å². The maximum absolute atomic E-state index is 10.7. The first-order valence-electron chi connectivity index (χ1n) is 3.91. The molecule has 0 fully saturated rings. The lowest BCUT2D eigenvalue weighted by atomic mass is 10.1. The van der Waals surface area contributed by atoms with Gasteiger partial charge in [0, 0.05) is 9.13 Å². The Balaban J connectivity index is 3.28. The summed E-state index contributed by atoms with van der Waals surface area (Å²) < 4.78 is 6.52. The first kappa shape index (κ1) is 13.0. The topological polar surface area (TPSA) is 66.8 Å². The molecule has 0 bridgehead atoms. The van der Waals surface area contributed by atoms with Gasteiger partial charge in [-0.1, -0.05) is 0 Å². The van der Waals surface area contributed by atoms with Crippen molar-refractivity contribution in [2.24, 2.45) is 0 Å². The fraction of sp³-hybridized carbons (Fsp3) is 0.222. The second-order valence-corrected chi connectivity index (χ2v) is 5.08. The van der Waals surface area contributed by atoms with E-state index in [1.807, 2.05) is 45.2 Å². The molecule has 0 aromatic heterocycles. The van der Waals surface area contributed by atoms with Gasteiger partial charge in [0.05, 0.1) is 10.7 Å². The largest absolute Gasteiger partial charge is 0.496 e. The lowest BCUT2D eigenvalue weighted by Gasteiger charge is -2.12. The van der Waals surface area contributed by atoms with E-state index in [0.29, 0.717) is 14.9 Å². The lowest BCUT2D eigenvalue weighted by molar-refractivity contribution is -0.147. The van der Waals surface area contributed by atoms with Gasteiger partial charge < -0.3 is 14.9 Å². The van der Waals surface area contributed by atoms with E-state index in [-0.39, 0.29) is 0 Å². The molecule has 0 saturated carbocycles. The Kier molecular flexibility index (Phi) is 4.59. The zero-order valence-corrected chi connectivity index (χ0v) is 12.0. The second-order valence-electron chi connectivity index (χ2n) is 2.75. The first-order valence-corrected chi connectivity index (χ1v) is 6.07. The van der Waals surface area contributed by atoms with Crippen molar-refractivity contribution in [2.75, 3.05) is 7.11 Å². The third kappa shape index (κ3) is 2.94. The van der Waals surface area contributed by atoms with Crippen molar-refractivity contribution in [3.05, 3.63) is 24.8 Å². The van der Waals surface area contributed by atoms with E-state index in [2.05, 4.69) is 0 Å². The maximum atomic E-state index is 10.7. The van der Waals surface area contributed by atoms with Gasteiger partial charge in [-0.15, -0.1) is 0 Å². The number of benzene rings is 1. The van der Waals surface area contributed by atoms with Crippen LogP contribution < -0.4 is 4.74 Å². The first-order chi connectivity index (χ1) is 6.97. The monoisotopic (exact) mass is 434 g/mol. The van der Waals surface area contributed by atoms with Crippen LogP contribution in [-0.4, -0.2) is 23.3 Å². The van der Waals surface area contributed by atoms with Gasteiger partial charge in [0.2, 0.25) is 0 Å². The third-order valence-electron chi connectivity index (χ3n) is 1.78. The Morgan fingerprint density at radius 2 is 2.07 bits per heavy atom. The van der Waals surface area contributed by atoms with Crippen LogP contribution in [0.2, 0.25) is 0 Å². The standard InChI is InChI=1S/C9H8I2O4/c1-15-6-3-4(10)2-5(7(6)11)8(12)9(13)14/h2-3,8,12H,1H3,(H,13,14). The van der Waals surface area contributed by atoms with Crippen LogP contribution in [0.3, 0.4) is 0 Å². The van der Waals surface area contributed by atoms with Gasteiger partial charge in [-0.25, -0.2) is 4.79 Å². The van der Waals surface area contributed by atoms with Gasteiger partial charge in [0.25, 0.3) is 0 Å². The summed E-state index contributed by atoms with van der Waals surface area (Å²) in [5.74, 6) is -0.699. The van der Waals surface area contributed by atoms with Crippen LogP contribution in [-0.2, 0) is 4.79 Å². The molecule has 82 valence electrons. The molecule has 0 amide bonds. The molecule has 0 radical (unpaired) electrons. The normalized spacial score (nSPS) is 12.3. The number of carboxylic acid groups (broad SMARTS) is 1. The Hall–Kier alpha value is -0.0900. The Labute approximate surface area is 114 Å². The molecule has 15 heavy (non-hydrogen) atoms. The van der Waals surface area contributed by atoms with E-state index in [0.717, 1.165) is 3.57 Å². The van der Waals surface area contributed by atoms with E-state index in [1.54, 1.807) is 12.1 Å². The molecule has 0 aliphatic carbocycles. The molecular weight excluding hydrogens is 426 g/mol. The molecule has 0 heterocycles. The summed E-state index contributed by atoms with van der Waals surface area (Å²) in [7, 11) is 1.50. The van der Waals surface area contributed by atoms with Crippen LogP contribution in [0.1, 0.15) is 11.7 Å². The highest BCUT2D eigenvalue weighted by Crippen LogP contribution is 2.31. The zero-order chi connectivity index (χ0) is 11.6. The molecule has 6 heteroatoms. The maximum Gasteiger partial charge on any atom is 0.337 e. The van der Waals surface area contributed by atoms with Crippen molar-refractivity contribution in [3.8, 4) is 5.75 Å². The molecule has 1 aromatic carbocycles. The summed E-state index contributed by atoms with van der Waals surface area (Å²) in [6, 6.07) is 3.41. The summed E-state index contributed by atoms with van der Waals surface area (Å²) >= 11 is 3.99. The fourth-order valence-electron chi connectivity index (χ4n) is 1.06. The number of aliphatic carboxylic acids is 1. The molecule has 0 aliphatic heterocycles. The second kappa shape index (κ2) is 5.30. The van der Waals surface area contributed by atoms with E-state index >= 15 is 0 Å². The van der Waals surface area contributed by atoms with Crippen LogP contribution in [0.4, 0.5) is 0 Å². The Bertz CT molecular complexity index is 392. The summed E-state index contributed by atoms with van der Waals surface area (Å²) in [4.78, 5) is 10.7. The Morgan fingerprint density at radius 1 is 1.47 bits per heavy atom. The van der Waals surface area contributed by atoms with Crippen molar-refractivity contribution in [1.29, 1.82) is 0 Å². The average molecular weight is 434 g/mol. The summed E-state index contributed by atoms with van der Waals surface area (Å²) in [6.07, 6.45) is -1.51. The molecule has 1 atom stereocenters. The minimum absolute atomic E-state index is 0.354. The van der Waals surface area contributed by atoms with Gasteiger partial charge in [-0.3, -0.25) is 0 Å². The molecule has 0 aliphatic rings. The predicted molar refractivity (Wildman–Crippen MR) is 71.0 cm³/mol. The van der Waals surface area contributed by atoms with Crippen LogP contribution in [0.15, 0.2) is 12.1 Å². The van der Waals surface area contributed by atoms with Gasteiger partial charge in [-0.2, -0.15) is 0 Å². The number of carboxylic acids is 1. The molecule has 1 unspecified atom stereocenters. The third-order valence-corrected chi connectivity index (χ3v) is 3.56. The summed E-state index contributed by atoms with van der Waals surface area (Å²) in [5, 5.41) is 18.2. The molecule has 0 saturated heterocycles. The number of methoxy groups -OCH3 is 1. The summed E-state index contributed by atoms with van der Waals surface area (Å²) in [5.41, 5.74) is 0.354. The summed E-state index contributed by atoms with van der Waals surface area (Å²) in [6.45, 7) is 0. The number of rotatable bonds is 3. The number of carbonyl (C=O) groups is 1. The molecule has 0 spiro atoms. The van der Waals surface area contributed by atoms with Crippen molar-refractivity contribution in [1.82, 2.24) is 0 Å². The molecule has 2 N–H and O–H groups in total. The van der Waals surface area contributed by atoms with E-state index in [4.69, 9.17) is 9.84 Å². The number of hydrogen-bond acceptors (Lipinski definition) is 3. The van der Waals surface area contributed by atoms with Gasteiger partial charge in [-0.05, 0) is 57.3 Å². The van der Waals surface area contributed by atoms with E-state index in [9.17, 15) is 9.90 Å². The SMILES string of the molecule is COc1cc(I)cc(C(O)C(=O)O)c1I. The smallest absolute Gasteiger partial charge is 0.337 e. The van der Waals surface area contributed by atoms with E-state index in [1.165, 1.54) is 7.11 Å². The molecule has 4 nitrogen and oxygen atoms in total. The molecule has 1 aromatic rings. The highest BCUT2D eigenvalue weighted by molar-refractivity contribution is 14.1. The van der Waals surface area contributed by atoms with E-state index < -0.39 is 12.1 Å². The van der Waals surface area contributed by atoms with Crippen molar-refractivity contribution >= 4 is 51.2 Å². The number of aliphatic hydroxyl groups excluding tert-OH is 1. The average Bonchev–Trinajstić information content (AvgIpc) is 2.19. The number of halogens is 2. The number of aliphatic hydroxyl groups is 1. The molecule has 1 rings (SSSR count). The highest BCUT2D eigenvalue weighted by atomic mass is 127. The van der Waals surface area contributed by atoms with Crippen molar-refractivity contribution < 1.29 is 19.7 Å². The van der Waals surface area contributed by atoms with Crippen molar-refractivity contribution in [2.45, 2.75) is 6.10 Å². The fourth-order valence-corrected chi connectivity index (χ4v) is 2.51. The predicted octanol–water partition coefficient (Wildman–Crippen LogP) is 2.02. The van der Waals surface area contributed by atoms with Crippen molar-refractivity contribution in [3.63, 3.8) is 0 Å². The Morgan fingerprint density at radius 3 is 2.53 bits per heavy atom. The quantitative estimate of drug-likeness (QED) is 0.716. The lowest BCUT2D eigenvalue weighted by Crippen LogP contribution is -2.12. The number of ether oxygens (including phenoxy) is 1. The van der Waals surface area contributed by atoms with Crippen LogP contribution in [0.25, 0.3) is 0 Å². The van der Waals surface area contributed by atoms with Crippen LogP contribution >= 0.6 is 45.2 Å².